The first kappa shape index (κ1) is 28.5. The van der Waals surface area contributed by atoms with E-state index in [2.05, 4.69) is 27.7 Å². The summed E-state index contributed by atoms with van der Waals surface area (Å²) in [5, 5.41) is 9.45. The van der Waals surface area contributed by atoms with E-state index in [9.17, 15) is 9.90 Å². The van der Waals surface area contributed by atoms with Crippen molar-refractivity contribution in [2.45, 2.75) is 150 Å². The summed E-state index contributed by atoms with van der Waals surface area (Å²) >= 11 is 0. The van der Waals surface area contributed by atoms with Crippen molar-refractivity contribution in [3.8, 4) is 0 Å². The van der Waals surface area contributed by atoms with E-state index < -0.39 is 5.97 Å². The van der Waals surface area contributed by atoms with E-state index in [-0.39, 0.29) is 5.92 Å². The first-order valence-corrected chi connectivity index (χ1v) is 13.2. The molecule has 0 aromatic rings. The number of carboxylic acids is 1. The Morgan fingerprint density at radius 3 is 0.966 bits per heavy atom. The van der Waals surface area contributed by atoms with E-state index >= 15 is 0 Å². The van der Waals surface area contributed by atoms with Crippen LogP contribution in [0.3, 0.4) is 0 Å². The average molecular weight is 411 g/mol. The summed E-state index contributed by atoms with van der Waals surface area (Å²) in [5.41, 5.74) is 0. The molecular weight excluding hydrogens is 356 g/mol. The summed E-state index contributed by atoms with van der Waals surface area (Å²) in [6.45, 7) is 9.18. The lowest BCUT2D eigenvalue weighted by Gasteiger charge is -2.12. The van der Waals surface area contributed by atoms with Crippen molar-refractivity contribution in [1.82, 2.24) is 0 Å². The molecule has 0 heterocycles. The minimum atomic E-state index is -0.569. The van der Waals surface area contributed by atoms with Crippen LogP contribution in [-0.4, -0.2) is 11.1 Å². The van der Waals surface area contributed by atoms with Gasteiger partial charge >= 0.3 is 5.97 Å². The van der Waals surface area contributed by atoms with Gasteiger partial charge in [-0.05, 0) is 24.7 Å². The fourth-order valence-electron chi connectivity index (χ4n) is 4.22. The summed E-state index contributed by atoms with van der Waals surface area (Å²) in [5.74, 6) is 0.984. The smallest absolute Gasteiger partial charge is 0.306 e. The Morgan fingerprint density at radius 2 is 0.724 bits per heavy atom. The predicted molar refractivity (Wildman–Crippen MR) is 129 cm³/mol. The van der Waals surface area contributed by atoms with Crippen LogP contribution in [-0.2, 0) is 4.79 Å². The maximum atomic E-state index is 11.5. The summed E-state index contributed by atoms with van der Waals surface area (Å²) < 4.78 is 0. The van der Waals surface area contributed by atoms with Crippen LogP contribution in [0.25, 0.3) is 0 Å². The van der Waals surface area contributed by atoms with Crippen LogP contribution in [0, 0.1) is 17.8 Å². The number of hydrogen-bond acceptors (Lipinski definition) is 1. The number of aliphatic carboxylic acids is 1. The van der Waals surface area contributed by atoms with Crippen LogP contribution in [0.15, 0.2) is 0 Å². The van der Waals surface area contributed by atoms with Crippen molar-refractivity contribution in [3.05, 3.63) is 0 Å². The average Bonchev–Trinajstić information content (AvgIpc) is 2.65. The molecule has 0 saturated carbocycles. The zero-order valence-electron chi connectivity index (χ0n) is 20.5. The van der Waals surface area contributed by atoms with Crippen LogP contribution < -0.4 is 0 Å². The molecular formula is C27H54O2. The zero-order chi connectivity index (χ0) is 21.7. The van der Waals surface area contributed by atoms with Gasteiger partial charge in [0.05, 0.1) is 5.92 Å². The molecule has 0 saturated heterocycles. The monoisotopic (exact) mass is 410 g/mol. The maximum absolute atomic E-state index is 11.5. The first-order valence-electron chi connectivity index (χ1n) is 13.2. The fourth-order valence-corrected chi connectivity index (χ4v) is 4.22. The second-order valence-corrected chi connectivity index (χ2v) is 10.3. The molecule has 0 amide bonds. The Labute approximate surface area is 183 Å². The SMILES string of the molecule is CC(C)CCCCCCCCCCCCCC(CCCCCCC(C)C)C(=O)O. The fraction of sp³-hybridized carbons (Fsp3) is 0.963. The number of rotatable bonds is 22. The molecule has 0 aromatic carbocycles. The van der Waals surface area contributed by atoms with Crippen molar-refractivity contribution in [2.24, 2.45) is 17.8 Å². The third kappa shape index (κ3) is 22.0. The molecule has 0 rings (SSSR count). The van der Waals surface area contributed by atoms with Crippen LogP contribution in [0.2, 0.25) is 0 Å². The van der Waals surface area contributed by atoms with Gasteiger partial charge < -0.3 is 5.11 Å². The van der Waals surface area contributed by atoms with Crippen molar-refractivity contribution in [2.75, 3.05) is 0 Å². The van der Waals surface area contributed by atoms with Gasteiger partial charge in [0.1, 0.15) is 0 Å². The lowest BCUT2D eigenvalue weighted by molar-refractivity contribution is -0.142. The van der Waals surface area contributed by atoms with Gasteiger partial charge in [-0.1, -0.05) is 137 Å². The number of unbranched alkanes of at least 4 members (excludes halogenated alkanes) is 13. The number of carboxylic acid groups (broad SMARTS) is 1. The van der Waals surface area contributed by atoms with Crippen LogP contribution in [0.5, 0.6) is 0 Å². The molecule has 1 N–H and O–H groups in total. The van der Waals surface area contributed by atoms with E-state index in [0.29, 0.717) is 0 Å². The van der Waals surface area contributed by atoms with Crippen LogP contribution in [0.4, 0.5) is 0 Å². The lowest BCUT2D eigenvalue weighted by Crippen LogP contribution is -2.13. The van der Waals surface area contributed by atoms with Gasteiger partial charge in [-0.2, -0.15) is 0 Å². The second kappa shape index (κ2) is 20.7. The summed E-state index contributed by atoms with van der Waals surface area (Å²) in [6, 6.07) is 0. The largest absolute Gasteiger partial charge is 0.481 e. The second-order valence-electron chi connectivity index (χ2n) is 10.3. The van der Waals surface area contributed by atoms with Gasteiger partial charge in [0.15, 0.2) is 0 Å². The van der Waals surface area contributed by atoms with E-state index in [1.54, 1.807) is 0 Å². The molecule has 0 aliphatic heterocycles. The summed E-state index contributed by atoms with van der Waals surface area (Å²) in [4.78, 5) is 11.5. The zero-order valence-corrected chi connectivity index (χ0v) is 20.5. The third-order valence-corrected chi connectivity index (χ3v) is 6.27. The van der Waals surface area contributed by atoms with Gasteiger partial charge in [-0.3, -0.25) is 4.79 Å². The first-order chi connectivity index (χ1) is 13.9. The van der Waals surface area contributed by atoms with Crippen molar-refractivity contribution in [1.29, 1.82) is 0 Å². The topological polar surface area (TPSA) is 37.3 Å². The molecule has 0 fully saturated rings. The lowest BCUT2D eigenvalue weighted by atomic mass is 9.94. The Kier molecular flexibility index (Phi) is 20.4. The molecule has 2 heteroatoms. The highest BCUT2D eigenvalue weighted by Crippen LogP contribution is 2.20. The highest BCUT2D eigenvalue weighted by Gasteiger charge is 2.16. The van der Waals surface area contributed by atoms with E-state index in [1.165, 1.54) is 96.3 Å². The molecule has 2 nitrogen and oxygen atoms in total. The van der Waals surface area contributed by atoms with Gasteiger partial charge in [-0.15, -0.1) is 0 Å². The number of carbonyl (C=O) groups is 1. The van der Waals surface area contributed by atoms with Crippen LogP contribution in [0.1, 0.15) is 150 Å². The molecule has 0 aliphatic rings. The van der Waals surface area contributed by atoms with E-state index in [4.69, 9.17) is 0 Å². The van der Waals surface area contributed by atoms with Gasteiger partial charge in [-0.25, -0.2) is 0 Å². The highest BCUT2D eigenvalue weighted by atomic mass is 16.4. The molecule has 0 radical (unpaired) electrons. The molecule has 0 aromatic heterocycles. The standard InChI is InChI=1S/C27H54O2/c1-24(2)20-16-12-10-8-6-5-7-9-11-13-18-22-26(27(28)29)23-19-15-14-17-21-25(3)4/h24-26H,5-23H2,1-4H3,(H,28,29). The molecule has 29 heavy (non-hydrogen) atoms. The summed E-state index contributed by atoms with van der Waals surface area (Å²) in [7, 11) is 0. The predicted octanol–water partition coefficient (Wildman–Crippen LogP) is 9.41. The number of hydrogen-bond donors (Lipinski definition) is 1. The highest BCUT2D eigenvalue weighted by molar-refractivity contribution is 5.69. The summed E-state index contributed by atoms with van der Waals surface area (Å²) in [6.07, 6.45) is 24.1. The quantitative estimate of drug-likeness (QED) is 0.180. The molecule has 174 valence electrons. The van der Waals surface area contributed by atoms with Crippen molar-refractivity contribution in [3.63, 3.8) is 0 Å². The van der Waals surface area contributed by atoms with Crippen molar-refractivity contribution < 1.29 is 9.90 Å². The van der Waals surface area contributed by atoms with E-state index in [1.807, 2.05) is 0 Å². The Balaban J connectivity index is 3.43. The Hall–Kier alpha value is -0.530. The van der Waals surface area contributed by atoms with Gasteiger partial charge in [0.25, 0.3) is 0 Å². The van der Waals surface area contributed by atoms with Crippen molar-refractivity contribution >= 4 is 5.97 Å². The van der Waals surface area contributed by atoms with Gasteiger partial charge in [0.2, 0.25) is 0 Å². The third-order valence-electron chi connectivity index (χ3n) is 6.27. The van der Waals surface area contributed by atoms with Gasteiger partial charge in [0, 0.05) is 0 Å². The molecule has 1 unspecified atom stereocenters. The minimum Gasteiger partial charge on any atom is -0.481 e. The molecule has 0 aliphatic carbocycles. The molecule has 0 spiro atoms. The minimum absolute atomic E-state index is 0.101. The normalized spacial score (nSPS) is 12.8. The molecule has 1 atom stereocenters. The van der Waals surface area contributed by atoms with Crippen LogP contribution >= 0.6 is 0 Å². The van der Waals surface area contributed by atoms with E-state index in [0.717, 1.165) is 37.5 Å². The molecule has 0 bridgehead atoms. The maximum Gasteiger partial charge on any atom is 0.306 e. The Morgan fingerprint density at radius 1 is 0.483 bits per heavy atom. The Bertz CT molecular complexity index is 348.